The molecular weight excluding hydrogens is 330 g/mol. The van der Waals surface area contributed by atoms with Gasteiger partial charge in [0.05, 0.1) is 17.1 Å². The molecule has 2 aromatic carbocycles. The predicted octanol–water partition coefficient (Wildman–Crippen LogP) is 6.63. The zero-order valence-electron chi connectivity index (χ0n) is 16.9. The minimum Gasteiger partial charge on any atom is -0.397 e. The van der Waals surface area contributed by atoms with Crippen LogP contribution in [0.15, 0.2) is 54.7 Å². The highest BCUT2D eigenvalue weighted by molar-refractivity contribution is 5.80. The normalized spacial score (nSPS) is 11.2. The maximum atomic E-state index is 6.24. The molecule has 0 aliphatic carbocycles. The zero-order valence-corrected chi connectivity index (χ0v) is 16.9. The van der Waals surface area contributed by atoms with E-state index in [2.05, 4.69) is 80.5 Å². The highest BCUT2D eigenvalue weighted by atomic mass is 14.9. The van der Waals surface area contributed by atoms with Gasteiger partial charge in [-0.1, -0.05) is 58.0 Å². The maximum absolute atomic E-state index is 6.24. The number of nitrogens with one attached hydrogen (secondary N) is 1. The molecule has 140 valence electrons. The number of pyridine rings is 1. The molecule has 3 rings (SSSR count). The van der Waals surface area contributed by atoms with Gasteiger partial charge in [-0.3, -0.25) is 4.98 Å². The summed E-state index contributed by atoms with van der Waals surface area (Å²) in [6, 6.07) is 17.0. The lowest BCUT2D eigenvalue weighted by Gasteiger charge is -2.24. The lowest BCUT2D eigenvalue weighted by Crippen LogP contribution is -2.07. The van der Waals surface area contributed by atoms with Crippen LogP contribution in [0.5, 0.6) is 0 Å². The van der Waals surface area contributed by atoms with Crippen molar-refractivity contribution in [2.75, 3.05) is 11.1 Å². The third-order valence-electron chi connectivity index (χ3n) is 4.97. The Hall–Kier alpha value is -2.81. The van der Waals surface area contributed by atoms with Crippen molar-refractivity contribution in [3.05, 3.63) is 71.5 Å². The standard InChI is InChI=1S/C24H29N3/c1-15(2)20-13-19(18-9-7-6-8-10-18)14-21(16(3)4)24(20)27-23-17(5)26-12-11-22(23)25/h6-16,27H,1-5H3,(H2,25,26). The van der Waals surface area contributed by atoms with Gasteiger partial charge in [0, 0.05) is 11.9 Å². The van der Waals surface area contributed by atoms with Crippen molar-refractivity contribution in [2.24, 2.45) is 0 Å². The van der Waals surface area contributed by atoms with Gasteiger partial charge in [0.2, 0.25) is 0 Å². The molecule has 3 aromatic rings. The number of aromatic nitrogens is 1. The van der Waals surface area contributed by atoms with Gasteiger partial charge < -0.3 is 11.1 Å². The molecule has 0 fully saturated rings. The monoisotopic (exact) mass is 359 g/mol. The maximum Gasteiger partial charge on any atom is 0.0834 e. The van der Waals surface area contributed by atoms with E-state index in [1.807, 2.05) is 13.0 Å². The summed E-state index contributed by atoms with van der Waals surface area (Å²) in [5, 5.41) is 3.63. The molecule has 1 aromatic heterocycles. The fourth-order valence-electron chi connectivity index (χ4n) is 3.41. The molecule has 0 aliphatic heterocycles. The Kier molecular flexibility index (Phi) is 5.50. The van der Waals surface area contributed by atoms with Crippen LogP contribution in [-0.2, 0) is 0 Å². The zero-order chi connectivity index (χ0) is 19.6. The van der Waals surface area contributed by atoms with Crippen LogP contribution >= 0.6 is 0 Å². The number of aryl methyl sites for hydroxylation is 1. The first-order chi connectivity index (χ1) is 12.9. The van der Waals surface area contributed by atoms with Gasteiger partial charge >= 0.3 is 0 Å². The van der Waals surface area contributed by atoms with E-state index < -0.39 is 0 Å². The summed E-state index contributed by atoms with van der Waals surface area (Å²) >= 11 is 0. The van der Waals surface area contributed by atoms with Gasteiger partial charge in [-0.2, -0.15) is 0 Å². The molecule has 3 N–H and O–H groups in total. The molecule has 3 nitrogen and oxygen atoms in total. The number of nitrogens with zero attached hydrogens (tertiary/aromatic N) is 1. The first kappa shape index (κ1) is 19.0. The van der Waals surface area contributed by atoms with Crippen LogP contribution in [0, 0.1) is 6.92 Å². The van der Waals surface area contributed by atoms with Gasteiger partial charge in [0.1, 0.15) is 0 Å². The van der Waals surface area contributed by atoms with Crippen molar-refractivity contribution in [1.82, 2.24) is 4.98 Å². The molecule has 0 atom stereocenters. The van der Waals surface area contributed by atoms with Crippen molar-refractivity contribution in [1.29, 1.82) is 0 Å². The van der Waals surface area contributed by atoms with Crippen molar-refractivity contribution in [3.8, 4) is 11.1 Å². The van der Waals surface area contributed by atoms with Crippen LogP contribution in [0.4, 0.5) is 17.1 Å². The molecular formula is C24H29N3. The summed E-state index contributed by atoms with van der Waals surface area (Å²) in [5.41, 5.74) is 15.0. The third kappa shape index (κ3) is 3.97. The fraction of sp³-hybridized carbons (Fsp3) is 0.292. The van der Waals surface area contributed by atoms with Crippen LogP contribution in [-0.4, -0.2) is 4.98 Å². The van der Waals surface area contributed by atoms with Crippen LogP contribution in [0.3, 0.4) is 0 Å². The van der Waals surface area contributed by atoms with E-state index in [1.54, 1.807) is 6.20 Å². The highest BCUT2D eigenvalue weighted by Crippen LogP contribution is 2.39. The van der Waals surface area contributed by atoms with Gasteiger partial charge in [-0.15, -0.1) is 0 Å². The van der Waals surface area contributed by atoms with Crippen molar-refractivity contribution < 1.29 is 0 Å². The fourth-order valence-corrected chi connectivity index (χ4v) is 3.41. The van der Waals surface area contributed by atoms with Crippen molar-refractivity contribution in [3.63, 3.8) is 0 Å². The number of rotatable bonds is 5. The van der Waals surface area contributed by atoms with E-state index in [9.17, 15) is 0 Å². The second-order valence-corrected chi connectivity index (χ2v) is 7.69. The number of nitrogen functional groups attached to an aromatic ring is 1. The lowest BCUT2D eigenvalue weighted by atomic mass is 9.88. The second-order valence-electron chi connectivity index (χ2n) is 7.69. The van der Waals surface area contributed by atoms with Crippen LogP contribution < -0.4 is 11.1 Å². The Balaban J connectivity index is 2.20. The van der Waals surface area contributed by atoms with Crippen molar-refractivity contribution in [2.45, 2.75) is 46.5 Å². The van der Waals surface area contributed by atoms with Gasteiger partial charge in [0.15, 0.2) is 0 Å². The topological polar surface area (TPSA) is 50.9 Å². The van der Waals surface area contributed by atoms with E-state index in [0.717, 1.165) is 22.8 Å². The lowest BCUT2D eigenvalue weighted by molar-refractivity contribution is 0.839. The van der Waals surface area contributed by atoms with Gasteiger partial charge in [-0.25, -0.2) is 0 Å². The SMILES string of the molecule is Cc1nccc(N)c1Nc1c(C(C)C)cc(-c2ccccc2)cc1C(C)C. The van der Waals surface area contributed by atoms with E-state index in [0.29, 0.717) is 11.8 Å². The number of benzene rings is 2. The van der Waals surface area contributed by atoms with E-state index >= 15 is 0 Å². The molecule has 0 bridgehead atoms. The Morgan fingerprint density at radius 1 is 0.815 bits per heavy atom. The number of hydrogen-bond donors (Lipinski definition) is 2. The smallest absolute Gasteiger partial charge is 0.0834 e. The second kappa shape index (κ2) is 7.83. The molecule has 0 saturated heterocycles. The Morgan fingerprint density at radius 3 is 1.93 bits per heavy atom. The quantitative estimate of drug-likeness (QED) is 0.537. The molecule has 0 amide bonds. The van der Waals surface area contributed by atoms with E-state index in [4.69, 9.17) is 5.73 Å². The molecule has 27 heavy (non-hydrogen) atoms. The molecule has 0 aliphatic rings. The minimum atomic E-state index is 0.381. The molecule has 3 heteroatoms. The van der Waals surface area contributed by atoms with Crippen LogP contribution in [0.1, 0.15) is 56.4 Å². The average molecular weight is 360 g/mol. The van der Waals surface area contributed by atoms with E-state index in [1.165, 1.54) is 22.3 Å². The highest BCUT2D eigenvalue weighted by Gasteiger charge is 2.18. The summed E-state index contributed by atoms with van der Waals surface area (Å²) in [6.45, 7) is 10.9. The number of nitrogens with two attached hydrogens (primary N) is 1. The summed E-state index contributed by atoms with van der Waals surface area (Å²) in [7, 11) is 0. The third-order valence-corrected chi connectivity index (χ3v) is 4.97. The predicted molar refractivity (Wildman–Crippen MR) is 117 cm³/mol. The first-order valence-corrected chi connectivity index (χ1v) is 9.59. The number of hydrogen-bond acceptors (Lipinski definition) is 3. The van der Waals surface area contributed by atoms with Gasteiger partial charge in [-0.05, 0) is 59.2 Å². The minimum absolute atomic E-state index is 0.381. The van der Waals surface area contributed by atoms with Crippen LogP contribution in [0.2, 0.25) is 0 Å². The Labute approximate surface area is 162 Å². The summed E-state index contributed by atoms with van der Waals surface area (Å²) < 4.78 is 0. The summed E-state index contributed by atoms with van der Waals surface area (Å²) in [4.78, 5) is 4.41. The van der Waals surface area contributed by atoms with Crippen LogP contribution in [0.25, 0.3) is 11.1 Å². The summed E-state index contributed by atoms with van der Waals surface area (Å²) in [6.07, 6.45) is 1.75. The Morgan fingerprint density at radius 2 is 1.41 bits per heavy atom. The number of anilines is 3. The van der Waals surface area contributed by atoms with Crippen molar-refractivity contribution >= 4 is 17.1 Å². The molecule has 0 spiro atoms. The molecule has 1 heterocycles. The largest absolute Gasteiger partial charge is 0.397 e. The van der Waals surface area contributed by atoms with E-state index in [-0.39, 0.29) is 0 Å². The molecule has 0 unspecified atom stereocenters. The molecule has 0 radical (unpaired) electrons. The average Bonchev–Trinajstić information content (AvgIpc) is 2.65. The molecule has 0 saturated carbocycles. The Bertz CT molecular complexity index is 878. The summed E-state index contributed by atoms with van der Waals surface area (Å²) in [5.74, 6) is 0.763. The first-order valence-electron chi connectivity index (χ1n) is 9.59. The van der Waals surface area contributed by atoms with Gasteiger partial charge in [0.25, 0.3) is 0 Å².